The zero-order valence-corrected chi connectivity index (χ0v) is 16.5. The van der Waals surface area contributed by atoms with E-state index >= 15 is 0 Å². The molecule has 3 rings (SSSR count). The van der Waals surface area contributed by atoms with Gasteiger partial charge in [0, 0.05) is 17.1 Å². The van der Waals surface area contributed by atoms with Gasteiger partial charge in [-0.05, 0) is 35.9 Å². The van der Waals surface area contributed by atoms with Gasteiger partial charge in [-0.2, -0.15) is 5.10 Å². The average Bonchev–Trinajstić information content (AvgIpc) is 2.99. The maximum absolute atomic E-state index is 13.4. The van der Waals surface area contributed by atoms with E-state index in [2.05, 4.69) is 20.8 Å². The first-order valence-corrected chi connectivity index (χ1v) is 9.63. The summed E-state index contributed by atoms with van der Waals surface area (Å²) >= 11 is 12.5. The van der Waals surface area contributed by atoms with Crippen LogP contribution in [0.1, 0.15) is 12.0 Å². The number of carbonyl (C=O) groups excluding carboxylic acids is 2. The fourth-order valence-corrected chi connectivity index (χ4v) is 3.41. The van der Waals surface area contributed by atoms with Crippen LogP contribution in [0.4, 0.5) is 10.1 Å². The Kier molecular flexibility index (Phi) is 6.66. The Labute approximate surface area is 174 Å². The molecule has 0 saturated carbocycles. The Hall–Kier alpha value is -2.42. The van der Waals surface area contributed by atoms with Crippen LogP contribution in [0.5, 0.6) is 0 Å². The number of benzene rings is 2. The summed E-state index contributed by atoms with van der Waals surface area (Å²) in [6.07, 6.45) is 1.42. The summed E-state index contributed by atoms with van der Waals surface area (Å²) in [6, 6.07) is 10.9. The van der Waals surface area contributed by atoms with E-state index in [1.54, 1.807) is 24.3 Å². The molecule has 6 nitrogen and oxygen atoms in total. The lowest BCUT2D eigenvalue weighted by Gasteiger charge is -2.07. The number of rotatable bonds is 5. The van der Waals surface area contributed by atoms with Crippen molar-refractivity contribution in [2.45, 2.75) is 11.7 Å². The minimum Gasteiger partial charge on any atom is -0.326 e. The number of hydrogen-bond donors (Lipinski definition) is 2. The molecule has 28 heavy (non-hydrogen) atoms. The molecule has 1 aliphatic heterocycles. The lowest BCUT2D eigenvalue weighted by atomic mass is 10.2. The van der Waals surface area contributed by atoms with Crippen molar-refractivity contribution >= 4 is 63.8 Å². The summed E-state index contributed by atoms with van der Waals surface area (Å²) in [5, 5.41) is 13.2. The largest absolute Gasteiger partial charge is 0.326 e. The lowest BCUT2D eigenvalue weighted by molar-refractivity contribution is -0.122. The van der Waals surface area contributed by atoms with E-state index in [4.69, 9.17) is 23.2 Å². The van der Waals surface area contributed by atoms with Crippen LogP contribution in [0.2, 0.25) is 10.0 Å². The van der Waals surface area contributed by atoms with Crippen LogP contribution >= 0.6 is 35.0 Å². The molecule has 1 saturated heterocycles. The van der Waals surface area contributed by atoms with E-state index in [-0.39, 0.29) is 23.0 Å². The fourth-order valence-electron chi connectivity index (χ4n) is 2.24. The normalized spacial score (nSPS) is 17.9. The number of hydrogen-bond acceptors (Lipinski definition) is 5. The molecule has 2 aromatic rings. The molecule has 0 aromatic heterocycles. The maximum atomic E-state index is 13.4. The van der Waals surface area contributed by atoms with E-state index in [1.807, 2.05) is 0 Å². The zero-order chi connectivity index (χ0) is 20.1. The van der Waals surface area contributed by atoms with E-state index in [9.17, 15) is 14.0 Å². The second-order valence-electron chi connectivity index (χ2n) is 5.68. The first kappa shape index (κ1) is 20.3. The quantitative estimate of drug-likeness (QED) is 0.544. The van der Waals surface area contributed by atoms with Crippen LogP contribution in [-0.4, -0.2) is 28.4 Å². The van der Waals surface area contributed by atoms with Crippen LogP contribution in [0.25, 0.3) is 0 Å². The predicted molar refractivity (Wildman–Crippen MR) is 111 cm³/mol. The van der Waals surface area contributed by atoms with Gasteiger partial charge in [-0.15, -0.1) is 5.10 Å². The molecule has 0 bridgehead atoms. The Morgan fingerprint density at radius 2 is 2.00 bits per heavy atom. The summed E-state index contributed by atoms with van der Waals surface area (Å²) < 4.78 is 13.4. The SMILES string of the molecule is O=C(CC1SC(=NN=Cc2ccc(Cl)cc2)NC1=O)Nc1ccc(Cl)c(F)c1. The number of carbonyl (C=O) groups is 2. The van der Waals surface area contributed by atoms with Gasteiger partial charge >= 0.3 is 0 Å². The smallest absolute Gasteiger partial charge is 0.240 e. The molecule has 1 atom stereocenters. The van der Waals surface area contributed by atoms with Crippen molar-refractivity contribution in [3.8, 4) is 0 Å². The van der Waals surface area contributed by atoms with Crippen molar-refractivity contribution in [2.75, 3.05) is 5.32 Å². The molecule has 144 valence electrons. The third-order valence-electron chi connectivity index (χ3n) is 3.58. The second-order valence-corrected chi connectivity index (χ2v) is 7.71. The van der Waals surface area contributed by atoms with Crippen LogP contribution in [0.3, 0.4) is 0 Å². The highest BCUT2D eigenvalue weighted by molar-refractivity contribution is 8.15. The predicted octanol–water partition coefficient (Wildman–Crippen LogP) is 4.08. The van der Waals surface area contributed by atoms with Crippen molar-refractivity contribution in [2.24, 2.45) is 10.2 Å². The maximum Gasteiger partial charge on any atom is 0.240 e. The molecule has 0 radical (unpaired) electrons. The van der Waals surface area contributed by atoms with Gasteiger partial charge in [0.25, 0.3) is 0 Å². The monoisotopic (exact) mass is 438 g/mol. The van der Waals surface area contributed by atoms with Gasteiger partial charge in [-0.25, -0.2) is 4.39 Å². The molecule has 0 spiro atoms. The fraction of sp³-hybridized carbons (Fsp3) is 0.111. The standard InChI is InChI=1S/C18H13Cl2FN4O2S/c19-11-3-1-10(2-4-11)9-22-25-18-24-17(27)15(28-18)8-16(26)23-12-5-6-13(20)14(21)7-12/h1-7,9,15H,8H2,(H,23,26)(H,24,25,27). The van der Waals surface area contributed by atoms with Gasteiger partial charge in [0.15, 0.2) is 5.17 Å². The van der Waals surface area contributed by atoms with Crippen molar-refractivity contribution < 1.29 is 14.0 Å². The lowest BCUT2D eigenvalue weighted by Crippen LogP contribution is -2.28. The zero-order valence-electron chi connectivity index (χ0n) is 14.2. The van der Waals surface area contributed by atoms with Crippen molar-refractivity contribution in [1.29, 1.82) is 0 Å². The Morgan fingerprint density at radius 3 is 2.71 bits per heavy atom. The van der Waals surface area contributed by atoms with Crippen LogP contribution in [-0.2, 0) is 9.59 Å². The second kappa shape index (κ2) is 9.18. The first-order chi connectivity index (χ1) is 13.4. The summed E-state index contributed by atoms with van der Waals surface area (Å²) in [6.45, 7) is 0. The van der Waals surface area contributed by atoms with Gasteiger partial charge in [-0.3, -0.25) is 9.59 Å². The summed E-state index contributed by atoms with van der Waals surface area (Å²) in [7, 11) is 0. The number of amides is 2. The van der Waals surface area contributed by atoms with E-state index in [0.717, 1.165) is 23.4 Å². The Morgan fingerprint density at radius 1 is 1.25 bits per heavy atom. The van der Waals surface area contributed by atoms with E-state index < -0.39 is 17.0 Å². The molecule has 1 aliphatic rings. The highest BCUT2D eigenvalue weighted by Gasteiger charge is 2.32. The minimum absolute atomic E-state index is 0.0382. The number of nitrogens with zero attached hydrogens (tertiary/aromatic N) is 2. The molecule has 2 N–H and O–H groups in total. The van der Waals surface area contributed by atoms with Crippen molar-refractivity contribution in [3.63, 3.8) is 0 Å². The molecular weight excluding hydrogens is 426 g/mol. The molecule has 10 heteroatoms. The molecule has 2 amide bonds. The molecule has 1 fully saturated rings. The Bertz CT molecular complexity index is 967. The van der Waals surface area contributed by atoms with Crippen molar-refractivity contribution in [1.82, 2.24) is 5.32 Å². The number of halogens is 3. The topological polar surface area (TPSA) is 82.9 Å². The summed E-state index contributed by atoms with van der Waals surface area (Å²) in [4.78, 5) is 24.1. The van der Waals surface area contributed by atoms with Gasteiger partial charge < -0.3 is 10.6 Å². The molecule has 1 unspecified atom stereocenters. The third kappa shape index (κ3) is 5.54. The van der Waals surface area contributed by atoms with Gasteiger partial charge in [-0.1, -0.05) is 47.1 Å². The molecular formula is C18H13Cl2FN4O2S. The number of nitrogens with one attached hydrogen (secondary N) is 2. The average molecular weight is 439 g/mol. The van der Waals surface area contributed by atoms with E-state index in [1.165, 1.54) is 18.3 Å². The number of thioether (sulfide) groups is 1. The van der Waals surface area contributed by atoms with Gasteiger partial charge in [0.2, 0.25) is 11.8 Å². The molecule has 1 heterocycles. The highest BCUT2D eigenvalue weighted by atomic mass is 35.5. The number of anilines is 1. The summed E-state index contributed by atoms with van der Waals surface area (Å²) in [5.41, 5.74) is 1.06. The van der Waals surface area contributed by atoms with Crippen LogP contribution in [0.15, 0.2) is 52.7 Å². The van der Waals surface area contributed by atoms with Crippen molar-refractivity contribution in [3.05, 3.63) is 63.9 Å². The third-order valence-corrected chi connectivity index (χ3v) is 5.21. The highest BCUT2D eigenvalue weighted by Crippen LogP contribution is 2.24. The molecule has 0 aliphatic carbocycles. The minimum atomic E-state index is -0.651. The first-order valence-electron chi connectivity index (χ1n) is 8.00. The van der Waals surface area contributed by atoms with Crippen LogP contribution < -0.4 is 10.6 Å². The Balaban J connectivity index is 1.55. The van der Waals surface area contributed by atoms with Crippen LogP contribution in [0, 0.1) is 5.82 Å². The number of amidine groups is 1. The summed E-state index contributed by atoms with van der Waals surface area (Å²) in [5.74, 6) is -1.41. The van der Waals surface area contributed by atoms with E-state index in [0.29, 0.717) is 10.2 Å². The van der Waals surface area contributed by atoms with Gasteiger partial charge in [0.1, 0.15) is 11.1 Å². The van der Waals surface area contributed by atoms with Gasteiger partial charge in [0.05, 0.1) is 11.2 Å². The molecule has 2 aromatic carbocycles.